The summed E-state index contributed by atoms with van der Waals surface area (Å²) in [5.74, 6) is 1.62. The number of hydrogen-bond acceptors (Lipinski definition) is 4. The molecule has 26 heavy (non-hydrogen) atoms. The fourth-order valence-corrected chi connectivity index (χ4v) is 3.29. The van der Waals surface area contributed by atoms with Gasteiger partial charge in [0.15, 0.2) is 0 Å². The van der Waals surface area contributed by atoms with E-state index in [4.69, 9.17) is 4.42 Å². The quantitative estimate of drug-likeness (QED) is 0.753. The highest BCUT2D eigenvalue weighted by molar-refractivity contribution is 5.90. The molecular formula is C20H22N4O2. The number of carbonyl (C=O) groups is 1. The van der Waals surface area contributed by atoms with E-state index in [9.17, 15) is 4.79 Å². The van der Waals surface area contributed by atoms with Crippen LogP contribution in [-0.4, -0.2) is 20.7 Å². The smallest absolute Gasteiger partial charge is 0.249 e. The molecule has 1 N–H and O–H groups in total. The van der Waals surface area contributed by atoms with Crippen molar-refractivity contribution in [1.82, 2.24) is 14.8 Å². The molecule has 0 unspecified atom stereocenters. The van der Waals surface area contributed by atoms with Crippen LogP contribution in [0.5, 0.6) is 0 Å². The summed E-state index contributed by atoms with van der Waals surface area (Å²) in [6.07, 6.45) is 3.48. The molecule has 0 atom stereocenters. The number of amides is 1. The zero-order valence-electron chi connectivity index (χ0n) is 15.0. The monoisotopic (exact) mass is 350 g/mol. The van der Waals surface area contributed by atoms with Crippen LogP contribution in [0.4, 0.5) is 5.69 Å². The Morgan fingerprint density at radius 2 is 2.00 bits per heavy atom. The normalized spacial score (nSPS) is 14.2. The third-order valence-electron chi connectivity index (χ3n) is 5.06. The number of nitrogens with zero attached hydrogens (tertiary/aromatic N) is 3. The molecule has 2 aromatic heterocycles. The molecule has 0 spiro atoms. The number of carbonyl (C=O) groups excluding carboxylic acids is 1. The van der Waals surface area contributed by atoms with E-state index in [1.807, 2.05) is 54.8 Å². The van der Waals surface area contributed by atoms with E-state index in [0.717, 1.165) is 41.4 Å². The molecule has 6 heteroatoms. The van der Waals surface area contributed by atoms with Crippen molar-refractivity contribution in [1.29, 1.82) is 0 Å². The molecular weight excluding hydrogens is 328 g/mol. The van der Waals surface area contributed by atoms with Crippen molar-refractivity contribution in [2.75, 3.05) is 5.32 Å². The molecule has 0 bridgehead atoms. The van der Waals surface area contributed by atoms with Crippen molar-refractivity contribution in [3.8, 4) is 11.5 Å². The Labute approximate surface area is 152 Å². The summed E-state index contributed by atoms with van der Waals surface area (Å²) < 4.78 is 7.86. The Hall–Kier alpha value is -2.89. The lowest BCUT2D eigenvalue weighted by Crippen LogP contribution is -2.20. The van der Waals surface area contributed by atoms with Crippen molar-refractivity contribution < 1.29 is 9.21 Å². The van der Waals surface area contributed by atoms with Gasteiger partial charge in [0.1, 0.15) is 6.54 Å². The van der Waals surface area contributed by atoms with Crippen LogP contribution in [0.1, 0.15) is 42.5 Å². The molecule has 3 aromatic rings. The number of anilines is 1. The highest BCUT2D eigenvalue weighted by atomic mass is 16.4. The third-order valence-corrected chi connectivity index (χ3v) is 5.06. The van der Waals surface area contributed by atoms with Crippen LogP contribution in [0, 0.1) is 13.8 Å². The van der Waals surface area contributed by atoms with Crippen LogP contribution in [0.15, 0.2) is 40.8 Å². The van der Waals surface area contributed by atoms with E-state index in [1.165, 1.54) is 6.42 Å². The third kappa shape index (κ3) is 3.14. The van der Waals surface area contributed by atoms with Crippen molar-refractivity contribution in [2.24, 2.45) is 0 Å². The first-order chi connectivity index (χ1) is 12.6. The van der Waals surface area contributed by atoms with Gasteiger partial charge in [-0.1, -0.05) is 24.6 Å². The van der Waals surface area contributed by atoms with Gasteiger partial charge in [0.25, 0.3) is 0 Å². The van der Waals surface area contributed by atoms with Crippen LogP contribution in [0.3, 0.4) is 0 Å². The lowest BCUT2D eigenvalue weighted by atomic mass is 9.85. The van der Waals surface area contributed by atoms with Crippen LogP contribution < -0.4 is 5.32 Å². The van der Waals surface area contributed by atoms with Crippen molar-refractivity contribution in [3.63, 3.8) is 0 Å². The average Bonchev–Trinajstić information content (AvgIpc) is 3.14. The molecule has 134 valence electrons. The van der Waals surface area contributed by atoms with E-state index in [0.29, 0.717) is 11.8 Å². The number of hydrogen-bond donors (Lipinski definition) is 1. The SMILES string of the molecule is Cc1cc(-c2nnc(C3CCC3)o2)c(C)n1CC(=O)Nc1ccccc1. The van der Waals surface area contributed by atoms with Gasteiger partial charge in [-0.25, -0.2) is 0 Å². The standard InChI is InChI=1S/C20H22N4O2/c1-13-11-17(20-23-22-19(26-20)15-7-6-8-15)14(2)24(13)12-18(25)21-16-9-4-3-5-10-16/h3-5,9-11,15H,6-8,12H2,1-2H3,(H,21,25). The number of benzene rings is 1. The minimum Gasteiger partial charge on any atom is -0.420 e. The highest BCUT2D eigenvalue weighted by Gasteiger charge is 2.26. The molecule has 4 rings (SSSR count). The van der Waals surface area contributed by atoms with Crippen molar-refractivity contribution in [3.05, 3.63) is 53.7 Å². The zero-order chi connectivity index (χ0) is 18.1. The largest absolute Gasteiger partial charge is 0.420 e. The maximum atomic E-state index is 12.4. The predicted molar refractivity (Wildman–Crippen MR) is 98.9 cm³/mol. The van der Waals surface area contributed by atoms with Crippen molar-refractivity contribution in [2.45, 2.75) is 45.6 Å². The summed E-state index contributed by atoms with van der Waals surface area (Å²) in [7, 11) is 0. The second kappa shape index (κ2) is 6.78. The van der Waals surface area contributed by atoms with Gasteiger partial charge in [-0.2, -0.15) is 0 Å². The van der Waals surface area contributed by atoms with Gasteiger partial charge in [-0.3, -0.25) is 4.79 Å². The molecule has 1 aromatic carbocycles. The van der Waals surface area contributed by atoms with Gasteiger partial charge >= 0.3 is 0 Å². The van der Waals surface area contributed by atoms with Crippen LogP contribution in [0.2, 0.25) is 0 Å². The lowest BCUT2D eigenvalue weighted by Gasteiger charge is -2.20. The molecule has 0 radical (unpaired) electrons. The molecule has 1 saturated carbocycles. The second-order valence-corrected chi connectivity index (χ2v) is 6.86. The summed E-state index contributed by atoms with van der Waals surface area (Å²) in [6, 6.07) is 11.5. The molecule has 1 aliphatic carbocycles. The fraction of sp³-hybridized carbons (Fsp3) is 0.350. The Balaban J connectivity index is 1.52. The maximum Gasteiger partial charge on any atom is 0.249 e. The van der Waals surface area contributed by atoms with Gasteiger partial charge in [0, 0.05) is 23.0 Å². The molecule has 0 saturated heterocycles. The Kier molecular flexibility index (Phi) is 4.32. The molecule has 0 aliphatic heterocycles. The maximum absolute atomic E-state index is 12.4. The molecule has 6 nitrogen and oxygen atoms in total. The first-order valence-electron chi connectivity index (χ1n) is 8.97. The Bertz CT molecular complexity index is 923. The Morgan fingerprint density at radius 1 is 1.23 bits per heavy atom. The fourth-order valence-electron chi connectivity index (χ4n) is 3.29. The van der Waals surface area contributed by atoms with Gasteiger partial charge in [0.05, 0.1) is 5.56 Å². The van der Waals surface area contributed by atoms with Gasteiger partial charge in [0.2, 0.25) is 17.7 Å². The van der Waals surface area contributed by atoms with Gasteiger partial charge < -0.3 is 14.3 Å². The first-order valence-corrected chi connectivity index (χ1v) is 8.97. The minimum atomic E-state index is -0.0646. The summed E-state index contributed by atoms with van der Waals surface area (Å²) in [5.41, 5.74) is 3.63. The summed E-state index contributed by atoms with van der Waals surface area (Å²) in [5, 5.41) is 11.3. The zero-order valence-corrected chi connectivity index (χ0v) is 15.0. The molecule has 1 fully saturated rings. The highest BCUT2D eigenvalue weighted by Crippen LogP contribution is 2.37. The summed E-state index contributed by atoms with van der Waals surface area (Å²) in [6.45, 7) is 4.21. The number of nitrogens with one attached hydrogen (secondary N) is 1. The van der Waals surface area contributed by atoms with Crippen LogP contribution in [-0.2, 0) is 11.3 Å². The second-order valence-electron chi connectivity index (χ2n) is 6.86. The lowest BCUT2D eigenvalue weighted by molar-refractivity contribution is -0.116. The van der Waals surface area contributed by atoms with E-state index in [1.54, 1.807) is 0 Å². The van der Waals surface area contributed by atoms with Gasteiger partial charge in [-0.05, 0) is 44.9 Å². The molecule has 1 amide bonds. The minimum absolute atomic E-state index is 0.0646. The first kappa shape index (κ1) is 16.6. The number of rotatable bonds is 5. The summed E-state index contributed by atoms with van der Waals surface area (Å²) in [4.78, 5) is 12.4. The average molecular weight is 350 g/mol. The van der Waals surface area contributed by atoms with E-state index < -0.39 is 0 Å². The van der Waals surface area contributed by atoms with Gasteiger partial charge in [-0.15, -0.1) is 10.2 Å². The molecule has 1 aliphatic rings. The predicted octanol–water partition coefficient (Wildman–Crippen LogP) is 4.06. The van der Waals surface area contributed by atoms with Crippen molar-refractivity contribution >= 4 is 11.6 Å². The van der Waals surface area contributed by atoms with E-state index >= 15 is 0 Å². The van der Waals surface area contributed by atoms with E-state index in [2.05, 4.69) is 15.5 Å². The molecule has 2 heterocycles. The summed E-state index contributed by atoms with van der Waals surface area (Å²) >= 11 is 0. The number of aromatic nitrogens is 3. The Morgan fingerprint density at radius 3 is 2.69 bits per heavy atom. The van der Waals surface area contributed by atoms with Crippen LogP contribution in [0.25, 0.3) is 11.5 Å². The number of aryl methyl sites for hydroxylation is 1. The van der Waals surface area contributed by atoms with E-state index in [-0.39, 0.29) is 12.5 Å². The van der Waals surface area contributed by atoms with Crippen LogP contribution >= 0.6 is 0 Å². The number of para-hydroxylation sites is 1. The topological polar surface area (TPSA) is 73.0 Å².